The van der Waals surface area contributed by atoms with Gasteiger partial charge in [-0.1, -0.05) is 13.0 Å². The highest BCUT2D eigenvalue weighted by Crippen LogP contribution is 2.25. The molecule has 1 aliphatic rings. The normalized spacial score (nSPS) is 18.6. The van der Waals surface area contributed by atoms with Gasteiger partial charge in [0, 0.05) is 23.5 Å². The van der Waals surface area contributed by atoms with Gasteiger partial charge in [0.25, 0.3) is 0 Å². The van der Waals surface area contributed by atoms with E-state index in [1.54, 1.807) is 0 Å². The second-order valence-electron chi connectivity index (χ2n) is 7.27. The van der Waals surface area contributed by atoms with Crippen LogP contribution in [0.5, 0.6) is 0 Å². The topological polar surface area (TPSA) is 99.5 Å². The van der Waals surface area contributed by atoms with Crippen molar-refractivity contribution in [3.05, 3.63) is 41.7 Å². The van der Waals surface area contributed by atoms with E-state index in [-0.39, 0.29) is 24.7 Å². The molecule has 0 bridgehead atoms. The fraction of sp³-hybridized carbons (Fsp3) is 0.450. The molecule has 0 radical (unpaired) electrons. The molecule has 3 rings (SSSR count). The third kappa shape index (κ3) is 4.69. The maximum atomic E-state index is 12.3. The van der Waals surface area contributed by atoms with Gasteiger partial charge in [-0.25, -0.2) is 9.48 Å². The molecule has 1 saturated carbocycles. The zero-order valence-corrected chi connectivity index (χ0v) is 16.5. The van der Waals surface area contributed by atoms with Crippen LogP contribution in [0.25, 0.3) is 5.69 Å². The van der Waals surface area contributed by atoms with Gasteiger partial charge in [0.15, 0.2) is 0 Å². The molecule has 8 nitrogen and oxygen atoms in total. The van der Waals surface area contributed by atoms with Crippen LogP contribution >= 0.6 is 0 Å². The number of aromatic nitrogens is 2. The maximum Gasteiger partial charge on any atom is 0.319 e. The predicted octanol–water partition coefficient (Wildman–Crippen LogP) is 2.55. The number of likely N-dealkylation sites (N-methyl/N-ethyl adjacent to an activating group) is 1. The largest absolute Gasteiger partial charge is 0.480 e. The summed E-state index contributed by atoms with van der Waals surface area (Å²) in [5.41, 5.74) is 3.55. The number of carboxylic acid groups (broad SMARTS) is 1. The van der Waals surface area contributed by atoms with Crippen LogP contribution in [0.3, 0.4) is 0 Å². The standard InChI is InChI=1S/C20H27N5O3/c1-4-24(12-19(26)27)18-10-16(11-18)22-20(28)21-15-6-5-7-17(9-15)25-14(3)8-13(2)23-25/h5-9,16,18H,4,10-12H2,1-3H3,(H,26,27)(H2,21,22,28). The number of anilines is 1. The van der Waals surface area contributed by atoms with Crippen LogP contribution in [-0.4, -0.2) is 57.0 Å². The van der Waals surface area contributed by atoms with Gasteiger partial charge in [0.1, 0.15) is 0 Å². The Morgan fingerprint density at radius 1 is 1.29 bits per heavy atom. The number of hydrogen-bond acceptors (Lipinski definition) is 4. The van der Waals surface area contributed by atoms with Crippen molar-refractivity contribution in [2.45, 2.75) is 45.7 Å². The summed E-state index contributed by atoms with van der Waals surface area (Å²) in [6, 6.07) is 9.57. The zero-order chi connectivity index (χ0) is 20.3. The second kappa shape index (κ2) is 8.43. The molecule has 28 heavy (non-hydrogen) atoms. The second-order valence-corrected chi connectivity index (χ2v) is 7.27. The zero-order valence-electron chi connectivity index (χ0n) is 16.5. The van der Waals surface area contributed by atoms with Gasteiger partial charge in [-0.3, -0.25) is 9.69 Å². The molecule has 0 atom stereocenters. The van der Waals surface area contributed by atoms with Gasteiger partial charge in [0.2, 0.25) is 0 Å². The summed E-state index contributed by atoms with van der Waals surface area (Å²) in [5.74, 6) is -0.821. The highest BCUT2D eigenvalue weighted by atomic mass is 16.4. The number of rotatable bonds is 7. The third-order valence-corrected chi connectivity index (χ3v) is 5.07. The van der Waals surface area contributed by atoms with E-state index in [0.29, 0.717) is 12.2 Å². The molecule has 0 spiro atoms. The van der Waals surface area contributed by atoms with Crippen molar-refractivity contribution in [1.29, 1.82) is 0 Å². The van der Waals surface area contributed by atoms with Gasteiger partial charge in [-0.2, -0.15) is 5.10 Å². The molecule has 150 valence electrons. The van der Waals surface area contributed by atoms with Gasteiger partial charge in [-0.15, -0.1) is 0 Å². The van der Waals surface area contributed by atoms with Crippen LogP contribution in [0, 0.1) is 13.8 Å². The Morgan fingerprint density at radius 2 is 2.04 bits per heavy atom. The predicted molar refractivity (Wildman–Crippen MR) is 107 cm³/mol. The highest BCUT2D eigenvalue weighted by Gasteiger charge is 2.34. The first-order valence-electron chi connectivity index (χ1n) is 9.52. The molecule has 3 N–H and O–H groups in total. The van der Waals surface area contributed by atoms with Crippen molar-refractivity contribution < 1.29 is 14.7 Å². The Balaban J connectivity index is 1.53. The quantitative estimate of drug-likeness (QED) is 0.680. The number of nitrogens with one attached hydrogen (secondary N) is 2. The van der Waals surface area contributed by atoms with Gasteiger partial charge in [0.05, 0.1) is 17.9 Å². The van der Waals surface area contributed by atoms with Crippen LogP contribution in [0.4, 0.5) is 10.5 Å². The number of benzene rings is 1. The highest BCUT2D eigenvalue weighted by molar-refractivity contribution is 5.89. The van der Waals surface area contributed by atoms with E-state index in [1.807, 2.05) is 60.7 Å². The monoisotopic (exact) mass is 385 g/mol. The van der Waals surface area contributed by atoms with Crippen LogP contribution < -0.4 is 10.6 Å². The Hall–Kier alpha value is -2.87. The molecule has 0 saturated heterocycles. The molecule has 0 aliphatic heterocycles. The molecular formula is C20H27N5O3. The molecule has 8 heteroatoms. The Bertz CT molecular complexity index is 857. The number of carboxylic acids is 1. The lowest BCUT2D eigenvalue weighted by Gasteiger charge is -2.42. The summed E-state index contributed by atoms with van der Waals surface area (Å²) in [6.45, 7) is 6.62. The molecule has 2 amide bonds. The molecule has 1 aromatic carbocycles. The lowest BCUT2D eigenvalue weighted by molar-refractivity contribution is -0.139. The minimum atomic E-state index is -0.821. The average molecular weight is 385 g/mol. The van der Waals surface area contributed by atoms with Gasteiger partial charge < -0.3 is 15.7 Å². The number of carbonyl (C=O) groups is 2. The number of urea groups is 1. The van der Waals surface area contributed by atoms with E-state index in [2.05, 4.69) is 15.7 Å². The van der Waals surface area contributed by atoms with E-state index in [0.717, 1.165) is 29.9 Å². The van der Waals surface area contributed by atoms with E-state index in [9.17, 15) is 9.59 Å². The van der Waals surface area contributed by atoms with Crippen LogP contribution in [-0.2, 0) is 4.79 Å². The molecule has 2 aromatic rings. The van der Waals surface area contributed by atoms with Gasteiger partial charge >= 0.3 is 12.0 Å². The van der Waals surface area contributed by atoms with Crippen molar-refractivity contribution in [3.63, 3.8) is 0 Å². The fourth-order valence-electron chi connectivity index (χ4n) is 3.63. The Kier molecular flexibility index (Phi) is 5.99. The lowest BCUT2D eigenvalue weighted by atomic mass is 9.85. The third-order valence-electron chi connectivity index (χ3n) is 5.07. The average Bonchev–Trinajstić information content (AvgIpc) is 2.94. The number of aryl methyl sites for hydroxylation is 2. The van der Waals surface area contributed by atoms with Crippen molar-refractivity contribution in [1.82, 2.24) is 20.0 Å². The van der Waals surface area contributed by atoms with Crippen molar-refractivity contribution >= 4 is 17.7 Å². The fourth-order valence-corrected chi connectivity index (χ4v) is 3.63. The Morgan fingerprint density at radius 3 is 2.64 bits per heavy atom. The summed E-state index contributed by atoms with van der Waals surface area (Å²) >= 11 is 0. The summed E-state index contributed by atoms with van der Waals surface area (Å²) in [5, 5.41) is 19.2. The molecular weight excluding hydrogens is 358 g/mol. The molecule has 1 aromatic heterocycles. The molecule has 1 fully saturated rings. The number of hydrogen-bond donors (Lipinski definition) is 3. The van der Waals surface area contributed by atoms with E-state index in [4.69, 9.17) is 5.11 Å². The minimum absolute atomic E-state index is 0.0409. The van der Waals surface area contributed by atoms with Crippen molar-refractivity contribution in [2.75, 3.05) is 18.4 Å². The van der Waals surface area contributed by atoms with E-state index >= 15 is 0 Å². The number of amides is 2. The van der Waals surface area contributed by atoms with Crippen LogP contribution in [0.1, 0.15) is 31.2 Å². The summed E-state index contributed by atoms with van der Waals surface area (Å²) < 4.78 is 1.84. The number of carbonyl (C=O) groups excluding carboxylic acids is 1. The first-order chi connectivity index (χ1) is 13.4. The SMILES string of the molecule is CCN(CC(=O)O)C1CC(NC(=O)Nc2cccc(-n3nc(C)cc3C)c2)C1. The number of nitrogens with zero attached hydrogens (tertiary/aromatic N) is 3. The number of aliphatic carboxylic acids is 1. The first-order valence-corrected chi connectivity index (χ1v) is 9.52. The summed E-state index contributed by atoms with van der Waals surface area (Å²) in [4.78, 5) is 25.1. The molecule has 1 heterocycles. The molecule has 1 aliphatic carbocycles. The van der Waals surface area contributed by atoms with Gasteiger partial charge in [-0.05, 0) is 57.5 Å². The van der Waals surface area contributed by atoms with Crippen LogP contribution in [0.2, 0.25) is 0 Å². The smallest absolute Gasteiger partial charge is 0.319 e. The minimum Gasteiger partial charge on any atom is -0.480 e. The lowest BCUT2D eigenvalue weighted by Crippen LogP contribution is -2.55. The maximum absolute atomic E-state index is 12.3. The molecule has 0 unspecified atom stereocenters. The Labute approximate surface area is 164 Å². The first kappa shape index (κ1) is 19.9. The van der Waals surface area contributed by atoms with Crippen molar-refractivity contribution in [3.8, 4) is 5.69 Å². The van der Waals surface area contributed by atoms with E-state index in [1.165, 1.54) is 0 Å². The summed E-state index contributed by atoms with van der Waals surface area (Å²) in [6.07, 6.45) is 1.53. The summed E-state index contributed by atoms with van der Waals surface area (Å²) in [7, 11) is 0. The van der Waals surface area contributed by atoms with Crippen molar-refractivity contribution in [2.24, 2.45) is 0 Å². The van der Waals surface area contributed by atoms with E-state index < -0.39 is 5.97 Å². The van der Waals surface area contributed by atoms with Crippen LogP contribution in [0.15, 0.2) is 30.3 Å².